The molecule has 0 unspecified atom stereocenters. The minimum atomic E-state index is -0.982. The number of carboxylic acids is 1. The Morgan fingerprint density at radius 2 is 1.63 bits per heavy atom. The Morgan fingerprint density at radius 3 is 2.44 bits per heavy atom. The number of benzene rings is 3. The fourth-order valence-corrected chi connectivity index (χ4v) is 2.85. The van der Waals surface area contributed by atoms with Crippen LogP contribution in [0.25, 0.3) is 10.9 Å². The molecule has 0 aliphatic rings. The molecule has 0 aliphatic carbocycles. The van der Waals surface area contributed by atoms with Gasteiger partial charge in [0.25, 0.3) is 0 Å². The van der Waals surface area contributed by atoms with Crippen molar-refractivity contribution in [3.8, 4) is 11.5 Å². The van der Waals surface area contributed by atoms with Gasteiger partial charge in [-0.2, -0.15) is 0 Å². The van der Waals surface area contributed by atoms with Gasteiger partial charge in [-0.3, -0.25) is 4.98 Å². The van der Waals surface area contributed by atoms with Crippen molar-refractivity contribution in [3.63, 3.8) is 0 Å². The van der Waals surface area contributed by atoms with Crippen molar-refractivity contribution < 1.29 is 14.6 Å². The van der Waals surface area contributed by atoms with E-state index in [1.54, 1.807) is 30.5 Å². The quantitative estimate of drug-likeness (QED) is 0.496. The van der Waals surface area contributed by atoms with Gasteiger partial charge < -0.3 is 15.2 Å². The molecule has 132 valence electrons. The number of aromatic nitrogens is 1. The molecule has 5 heteroatoms. The standard InChI is InChI=1S/C22H16N2O3/c25-22(26)17-8-4-5-9-20(17)24-21-12-13-23-19-11-10-16(14-18(19)21)27-15-6-2-1-3-7-15/h1-14H,(H,23,24)(H,25,26). The first kappa shape index (κ1) is 16.6. The van der Waals surface area contributed by atoms with Crippen molar-refractivity contribution in [1.82, 2.24) is 4.98 Å². The summed E-state index contributed by atoms with van der Waals surface area (Å²) in [5.41, 5.74) is 2.27. The largest absolute Gasteiger partial charge is 0.478 e. The zero-order valence-corrected chi connectivity index (χ0v) is 14.3. The molecule has 3 aromatic carbocycles. The van der Waals surface area contributed by atoms with Crippen LogP contribution in [0.4, 0.5) is 11.4 Å². The molecular formula is C22H16N2O3. The van der Waals surface area contributed by atoms with Gasteiger partial charge in [0.1, 0.15) is 11.5 Å². The van der Waals surface area contributed by atoms with E-state index in [1.807, 2.05) is 54.6 Å². The zero-order chi connectivity index (χ0) is 18.6. The predicted octanol–water partition coefficient (Wildman–Crippen LogP) is 5.47. The highest BCUT2D eigenvalue weighted by Gasteiger charge is 2.11. The second kappa shape index (κ2) is 7.17. The number of nitrogens with zero attached hydrogens (tertiary/aromatic N) is 1. The molecule has 5 nitrogen and oxygen atoms in total. The molecule has 2 N–H and O–H groups in total. The fraction of sp³-hybridized carbons (Fsp3) is 0. The Hall–Kier alpha value is -3.86. The second-order valence-electron chi connectivity index (χ2n) is 5.93. The molecule has 0 radical (unpaired) electrons. The van der Waals surface area contributed by atoms with E-state index < -0.39 is 5.97 Å². The molecular weight excluding hydrogens is 340 g/mol. The summed E-state index contributed by atoms with van der Waals surface area (Å²) in [6.45, 7) is 0. The molecule has 4 rings (SSSR count). The van der Waals surface area contributed by atoms with Gasteiger partial charge in [-0.1, -0.05) is 30.3 Å². The molecule has 0 aliphatic heterocycles. The molecule has 0 bridgehead atoms. The van der Waals surface area contributed by atoms with E-state index in [4.69, 9.17) is 4.74 Å². The van der Waals surface area contributed by atoms with Crippen molar-refractivity contribution in [2.75, 3.05) is 5.32 Å². The van der Waals surface area contributed by atoms with E-state index in [1.165, 1.54) is 0 Å². The fourth-order valence-electron chi connectivity index (χ4n) is 2.85. The van der Waals surface area contributed by atoms with Crippen LogP contribution in [0.1, 0.15) is 10.4 Å². The number of pyridine rings is 1. The van der Waals surface area contributed by atoms with Crippen LogP contribution >= 0.6 is 0 Å². The Kier molecular flexibility index (Phi) is 4.41. The monoisotopic (exact) mass is 356 g/mol. The number of rotatable bonds is 5. The van der Waals surface area contributed by atoms with Crippen LogP contribution in [0.5, 0.6) is 11.5 Å². The van der Waals surface area contributed by atoms with E-state index in [0.29, 0.717) is 11.4 Å². The maximum absolute atomic E-state index is 11.5. The number of anilines is 2. The van der Waals surface area contributed by atoms with Crippen molar-refractivity contribution in [3.05, 3.63) is 90.6 Å². The number of para-hydroxylation sites is 2. The summed E-state index contributed by atoms with van der Waals surface area (Å²) in [6, 6.07) is 23.8. The first-order chi connectivity index (χ1) is 13.2. The number of fused-ring (bicyclic) bond motifs is 1. The molecule has 0 saturated carbocycles. The number of hydrogen-bond donors (Lipinski definition) is 2. The molecule has 0 fully saturated rings. The Bertz CT molecular complexity index is 1110. The van der Waals surface area contributed by atoms with Gasteiger partial charge in [-0.15, -0.1) is 0 Å². The van der Waals surface area contributed by atoms with Crippen LogP contribution in [0.2, 0.25) is 0 Å². The molecule has 0 saturated heterocycles. The third-order valence-corrected chi connectivity index (χ3v) is 4.12. The molecule has 4 aromatic rings. The molecule has 1 aromatic heterocycles. The number of carboxylic acid groups (broad SMARTS) is 1. The van der Waals surface area contributed by atoms with Gasteiger partial charge in [0.2, 0.25) is 0 Å². The number of hydrogen-bond acceptors (Lipinski definition) is 4. The Morgan fingerprint density at radius 1 is 0.852 bits per heavy atom. The highest BCUT2D eigenvalue weighted by molar-refractivity contribution is 5.98. The highest BCUT2D eigenvalue weighted by atomic mass is 16.5. The lowest BCUT2D eigenvalue weighted by Crippen LogP contribution is -2.02. The summed E-state index contributed by atoms with van der Waals surface area (Å²) in [4.78, 5) is 15.8. The number of carbonyl (C=O) groups is 1. The van der Waals surface area contributed by atoms with Crippen LogP contribution in [0.15, 0.2) is 85.1 Å². The van der Waals surface area contributed by atoms with E-state index in [2.05, 4.69) is 10.3 Å². The lowest BCUT2D eigenvalue weighted by Gasteiger charge is -2.13. The topological polar surface area (TPSA) is 71.5 Å². The Labute approximate surface area is 155 Å². The summed E-state index contributed by atoms with van der Waals surface area (Å²) in [5.74, 6) is 0.437. The van der Waals surface area contributed by atoms with E-state index >= 15 is 0 Å². The van der Waals surface area contributed by atoms with Gasteiger partial charge in [-0.05, 0) is 48.5 Å². The first-order valence-corrected chi connectivity index (χ1v) is 8.42. The number of aromatic carboxylic acids is 1. The van der Waals surface area contributed by atoms with Crippen LogP contribution in [-0.2, 0) is 0 Å². The summed E-state index contributed by atoms with van der Waals surface area (Å²) >= 11 is 0. The van der Waals surface area contributed by atoms with Gasteiger partial charge in [-0.25, -0.2) is 4.79 Å². The predicted molar refractivity (Wildman–Crippen MR) is 105 cm³/mol. The Balaban J connectivity index is 1.73. The van der Waals surface area contributed by atoms with E-state index in [9.17, 15) is 9.90 Å². The number of nitrogens with one attached hydrogen (secondary N) is 1. The molecule has 0 atom stereocenters. The summed E-state index contributed by atoms with van der Waals surface area (Å²) in [5, 5.41) is 13.4. The van der Waals surface area contributed by atoms with Crippen molar-refractivity contribution in [1.29, 1.82) is 0 Å². The third kappa shape index (κ3) is 3.57. The average molecular weight is 356 g/mol. The maximum atomic E-state index is 11.5. The van der Waals surface area contributed by atoms with Gasteiger partial charge >= 0.3 is 5.97 Å². The van der Waals surface area contributed by atoms with Crippen LogP contribution in [-0.4, -0.2) is 16.1 Å². The van der Waals surface area contributed by atoms with Crippen LogP contribution in [0, 0.1) is 0 Å². The average Bonchev–Trinajstić information content (AvgIpc) is 2.69. The van der Waals surface area contributed by atoms with Crippen molar-refractivity contribution >= 4 is 28.2 Å². The van der Waals surface area contributed by atoms with Gasteiger partial charge in [0.05, 0.1) is 16.8 Å². The molecule has 27 heavy (non-hydrogen) atoms. The molecule has 0 spiro atoms. The van der Waals surface area contributed by atoms with E-state index in [0.717, 1.165) is 22.3 Å². The van der Waals surface area contributed by atoms with Crippen LogP contribution in [0.3, 0.4) is 0 Å². The van der Waals surface area contributed by atoms with Crippen LogP contribution < -0.4 is 10.1 Å². The zero-order valence-electron chi connectivity index (χ0n) is 14.3. The van der Waals surface area contributed by atoms with Gasteiger partial charge in [0.15, 0.2) is 0 Å². The summed E-state index contributed by atoms with van der Waals surface area (Å²) < 4.78 is 5.90. The minimum absolute atomic E-state index is 0.208. The lowest BCUT2D eigenvalue weighted by atomic mass is 10.1. The SMILES string of the molecule is O=C(O)c1ccccc1Nc1ccnc2ccc(Oc3ccccc3)cc12. The maximum Gasteiger partial charge on any atom is 0.337 e. The lowest BCUT2D eigenvalue weighted by molar-refractivity contribution is 0.0698. The highest BCUT2D eigenvalue weighted by Crippen LogP contribution is 2.31. The smallest absolute Gasteiger partial charge is 0.337 e. The van der Waals surface area contributed by atoms with Crippen molar-refractivity contribution in [2.45, 2.75) is 0 Å². The minimum Gasteiger partial charge on any atom is -0.478 e. The third-order valence-electron chi connectivity index (χ3n) is 4.12. The first-order valence-electron chi connectivity index (χ1n) is 8.42. The van der Waals surface area contributed by atoms with E-state index in [-0.39, 0.29) is 5.56 Å². The second-order valence-corrected chi connectivity index (χ2v) is 5.93. The normalized spacial score (nSPS) is 10.5. The van der Waals surface area contributed by atoms with Gasteiger partial charge in [0, 0.05) is 17.3 Å². The molecule has 0 amide bonds. The summed E-state index contributed by atoms with van der Waals surface area (Å²) in [7, 11) is 0. The number of ether oxygens (including phenoxy) is 1. The molecule has 1 heterocycles. The summed E-state index contributed by atoms with van der Waals surface area (Å²) in [6.07, 6.45) is 1.69. The van der Waals surface area contributed by atoms with Crippen molar-refractivity contribution in [2.24, 2.45) is 0 Å².